The predicted octanol–water partition coefficient (Wildman–Crippen LogP) is 2.03. The molecule has 0 atom stereocenters. The van der Waals surface area contributed by atoms with Crippen LogP contribution in [-0.4, -0.2) is 19.0 Å². The molecule has 3 heteroatoms. The second kappa shape index (κ2) is 4.61. The number of hydrogen-bond donors (Lipinski definition) is 1. The van der Waals surface area contributed by atoms with E-state index in [1.54, 1.807) is 0 Å². The van der Waals surface area contributed by atoms with Crippen molar-refractivity contribution in [2.75, 3.05) is 13.1 Å². The largest absolute Gasteiger partial charge is 0.311 e. The van der Waals surface area contributed by atoms with Crippen LogP contribution in [0, 0.1) is 0 Å². The summed E-state index contributed by atoms with van der Waals surface area (Å²) in [7, 11) is 0. The van der Waals surface area contributed by atoms with E-state index in [4.69, 9.17) is 0 Å². The van der Waals surface area contributed by atoms with Crippen LogP contribution in [0.25, 0.3) is 0 Å². The first kappa shape index (κ1) is 9.82. The van der Waals surface area contributed by atoms with E-state index in [0.29, 0.717) is 6.54 Å². The lowest BCUT2D eigenvalue weighted by molar-refractivity contribution is -0.00135. The van der Waals surface area contributed by atoms with Crippen molar-refractivity contribution in [3.05, 3.63) is 0 Å². The van der Waals surface area contributed by atoms with Gasteiger partial charge < -0.3 is 5.32 Å². The maximum atomic E-state index is 12.4. The molecule has 0 unspecified atom stereocenters. The molecule has 0 rings (SSSR count). The lowest BCUT2D eigenvalue weighted by atomic mass is 10.2. The van der Waals surface area contributed by atoms with Crippen LogP contribution in [0.4, 0.5) is 8.78 Å². The van der Waals surface area contributed by atoms with E-state index >= 15 is 0 Å². The van der Waals surface area contributed by atoms with Crippen molar-refractivity contribution >= 4 is 0 Å². The average Bonchev–Trinajstić information content (AvgIpc) is 1.89. The van der Waals surface area contributed by atoms with Gasteiger partial charge in [0.2, 0.25) is 0 Å². The SMILES string of the molecule is CCCNCC(F)(F)CC. The van der Waals surface area contributed by atoms with Crippen LogP contribution in [0.1, 0.15) is 26.7 Å². The number of alkyl halides is 2. The molecule has 1 N–H and O–H groups in total. The van der Waals surface area contributed by atoms with Gasteiger partial charge in [-0.15, -0.1) is 0 Å². The van der Waals surface area contributed by atoms with Gasteiger partial charge in [0.25, 0.3) is 5.92 Å². The van der Waals surface area contributed by atoms with Crippen molar-refractivity contribution in [3.8, 4) is 0 Å². The Bertz CT molecular complexity index is 83.7. The number of hydrogen-bond acceptors (Lipinski definition) is 1. The highest BCUT2D eigenvalue weighted by molar-refractivity contribution is 4.66. The summed E-state index contributed by atoms with van der Waals surface area (Å²) in [6, 6.07) is 0. The van der Waals surface area contributed by atoms with E-state index in [0.717, 1.165) is 6.42 Å². The van der Waals surface area contributed by atoms with Crippen molar-refractivity contribution in [3.63, 3.8) is 0 Å². The van der Waals surface area contributed by atoms with Crippen LogP contribution in [0.3, 0.4) is 0 Å². The molecule has 0 spiro atoms. The molecule has 10 heavy (non-hydrogen) atoms. The highest BCUT2D eigenvalue weighted by Crippen LogP contribution is 2.15. The normalized spacial score (nSPS) is 12.0. The fraction of sp³-hybridized carbons (Fsp3) is 1.00. The molecule has 0 aliphatic heterocycles. The van der Waals surface area contributed by atoms with E-state index in [-0.39, 0.29) is 13.0 Å². The highest BCUT2D eigenvalue weighted by Gasteiger charge is 2.24. The summed E-state index contributed by atoms with van der Waals surface area (Å²) in [5.41, 5.74) is 0. The molecule has 0 radical (unpaired) electrons. The van der Waals surface area contributed by atoms with Gasteiger partial charge in [0, 0.05) is 6.42 Å². The molecule has 0 saturated heterocycles. The zero-order chi connectivity index (χ0) is 8.04. The zero-order valence-electron chi connectivity index (χ0n) is 6.58. The Balaban J connectivity index is 3.28. The van der Waals surface area contributed by atoms with Crippen molar-refractivity contribution in [2.45, 2.75) is 32.6 Å². The molecule has 62 valence electrons. The number of halogens is 2. The van der Waals surface area contributed by atoms with Gasteiger partial charge in [-0.3, -0.25) is 0 Å². The van der Waals surface area contributed by atoms with E-state index in [1.807, 2.05) is 6.92 Å². The summed E-state index contributed by atoms with van der Waals surface area (Å²) >= 11 is 0. The monoisotopic (exact) mass is 151 g/mol. The van der Waals surface area contributed by atoms with E-state index < -0.39 is 5.92 Å². The van der Waals surface area contributed by atoms with Gasteiger partial charge >= 0.3 is 0 Å². The lowest BCUT2D eigenvalue weighted by Gasteiger charge is -2.13. The second-order valence-electron chi connectivity index (χ2n) is 2.39. The molecule has 0 amide bonds. The molecule has 0 aromatic carbocycles. The third kappa shape index (κ3) is 4.68. The van der Waals surface area contributed by atoms with Crippen LogP contribution in [0.15, 0.2) is 0 Å². The number of rotatable bonds is 5. The van der Waals surface area contributed by atoms with Gasteiger partial charge in [-0.2, -0.15) is 0 Å². The van der Waals surface area contributed by atoms with Crippen LogP contribution < -0.4 is 5.32 Å². The molecular weight excluding hydrogens is 136 g/mol. The van der Waals surface area contributed by atoms with Crippen molar-refractivity contribution in [1.82, 2.24) is 5.32 Å². The first-order chi connectivity index (χ1) is 4.62. The second-order valence-corrected chi connectivity index (χ2v) is 2.39. The highest BCUT2D eigenvalue weighted by atomic mass is 19.3. The quantitative estimate of drug-likeness (QED) is 0.593. The molecule has 0 aromatic heterocycles. The Morgan fingerprint density at radius 3 is 2.30 bits per heavy atom. The molecule has 0 aromatic rings. The van der Waals surface area contributed by atoms with Crippen LogP contribution in [0.5, 0.6) is 0 Å². The summed E-state index contributed by atoms with van der Waals surface area (Å²) in [4.78, 5) is 0. The Morgan fingerprint density at radius 2 is 1.90 bits per heavy atom. The molecule has 0 saturated carbocycles. The average molecular weight is 151 g/mol. The molecule has 1 nitrogen and oxygen atoms in total. The molecule has 0 heterocycles. The van der Waals surface area contributed by atoms with Crippen LogP contribution >= 0.6 is 0 Å². The Morgan fingerprint density at radius 1 is 1.30 bits per heavy atom. The van der Waals surface area contributed by atoms with Crippen molar-refractivity contribution in [2.24, 2.45) is 0 Å². The fourth-order valence-electron chi connectivity index (χ4n) is 0.573. The minimum atomic E-state index is -2.52. The minimum Gasteiger partial charge on any atom is -0.311 e. The van der Waals surface area contributed by atoms with Gasteiger partial charge in [0.15, 0.2) is 0 Å². The molecule has 0 fully saturated rings. The smallest absolute Gasteiger partial charge is 0.260 e. The maximum Gasteiger partial charge on any atom is 0.260 e. The van der Waals surface area contributed by atoms with Crippen LogP contribution in [-0.2, 0) is 0 Å². The first-order valence-corrected chi connectivity index (χ1v) is 3.71. The summed E-state index contributed by atoms with van der Waals surface area (Å²) in [5.74, 6) is -2.52. The first-order valence-electron chi connectivity index (χ1n) is 3.71. The molecular formula is C7H15F2N. The third-order valence-electron chi connectivity index (χ3n) is 1.33. The zero-order valence-corrected chi connectivity index (χ0v) is 6.58. The fourth-order valence-corrected chi connectivity index (χ4v) is 0.573. The minimum absolute atomic E-state index is 0.0796. The standard InChI is InChI=1S/C7H15F2N/c1-3-5-10-6-7(8,9)4-2/h10H,3-6H2,1-2H3. The van der Waals surface area contributed by atoms with E-state index in [2.05, 4.69) is 5.32 Å². The van der Waals surface area contributed by atoms with Gasteiger partial charge in [0.05, 0.1) is 6.54 Å². The van der Waals surface area contributed by atoms with Crippen molar-refractivity contribution < 1.29 is 8.78 Å². The van der Waals surface area contributed by atoms with E-state index in [9.17, 15) is 8.78 Å². The lowest BCUT2D eigenvalue weighted by Crippen LogP contribution is -2.32. The Labute approximate surface area is 60.8 Å². The maximum absolute atomic E-state index is 12.4. The molecule has 0 aliphatic rings. The van der Waals surface area contributed by atoms with Crippen molar-refractivity contribution in [1.29, 1.82) is 0 Å². The summed E-state index contributed by atoms with van der Waals surface area (Å²) in [6.45, 7) is 3.94. The van der Waals surface area contributed by atoms with Crippen LogP contribution in [0.2, 0.25) is 0 Å². The Hall–Kier alpha value is -0.180. The molecule has 0 aliphatic carbocycles. The van der Waals surface area contributed by atoms with E-state index in [1.165, 1.54) is 6.92 Å². The Kier molecular flexibility index (Phi) is 4.52. The summed E-state index contributed by atoms with van der Waals surface area (Å²) in [5, 5.41) is 2.68. The summed E-state index contributed by atoms with van der Waals surface area (Å²) in [6.07, 6.45) is 0.823. The molecule has 0 bridgehead atoms. The van der Waals surface area contributed by atoms with Gasteiger partial charge in [0.1, 0.15) is 0 Å². The van der Waals surface area contributed by atoms with Gasteiger partial charge in [-0.1, -0.05) is 13.8 Å². The van der Waals surface area contributed by atoms with Gasteiger partial charge in [-0.05, 0) is 13.0 Å². The predicted molar refractivity (Wildman–Crippen MR) is 38.4 cm³/mol. The third-order valence-corrected chi connectivity index (χ3v) is 1.33. The van der Waals surface area contributed by atoms with Gasteiger partial charge in [-0.25, -0.2) is 8.78 Å². The topological polar surface area (TPSA) is 12.0 Å². The number of nitrogens with one attached hydrogen (secondary N) is 1. The summed E-state index contributed by atoms with van der Waals surface area (Å²) < 4.78 is 24.8.